The van der Waals surface area contributed by atoms with E-state index in [-0.39, 0.29) is 17.9 Å². The monoisotopic (exact) mass is 317 g/mol. The summed E-state index contributed by atoms with van der Waals surface area (Å²) in [5.41, 5.74) is -0.206. The van der Waals surface area contributed by atoms with E-state index in [0.29, 0.717) is 12.8 Å². The fourth-order valence-corrected chi connectivity index (χ4v) is 2.33. The molecule has 2 unspecified atom stereocenters. The summed E-state index contributed by atoms with van der Waals surface area (Å²) in [7, 11) is 0. The Labute approximate surface area is 124 Å². The number of aliphatic carboxylic acids is 1. The van der Waals surface area contributed by atoms with E-state index in [0.717, 1.165) is 6.07 Å². The lowest BCUT2D eigenvalue weighted by molar-refractivity contribution is -0.152. The summed E-state index contributed by atoms with van der Waals surface area (Å²) < 4.78 is 42.4. The standard InChI is InChI=1S/C14H14F3NO4/c15-10-2-1-3-11(22-14(16)17)9(10)6-18-12(19)7-4-5-8(7)13(20)21/h1-3,7-8,14H,4-6H2,(H,18,19)(H,20,21). The fourth-order valence-electron chi connectivity index (χ4n) is 2.33. The number of carboxylic acid groups (broad SMARTS) is 1. The van der Waals surface area contributed by atoms with E-state index in [1.807, 2.05) is 0 Å². The minimum atomic E-state index is -3.11. The van der Waals surface area contributed by atoms with Gasteiger partial charge in [-0.1, -0.05) is 6.07 Å². The number of alkyl halides is 2. The highest BCUT2D eigenvalue weighted by atomic mass is 19.3. The first-order valence-corrected chi connectivity index (χ1v) is 6.63. The third kappa shape index (κ3) is 3.49. The van der Waals surface area contributed by atoms with Gasteiger partial charge in [0.05, 0.1) is 11.8 Å². The number of hydrogen-bond donors (Lipinski definition) is 2. The van der Waals surface area contributed by atoms with Crippen molar-refractivity contribution in [3.63, 3.8) is 0 Å². The summed E-state index contributed by atoms with van der Waals surface area (Å²) in [6.45, 7) is -3.46. The van der Waals surface area contributed by atoms with Crippen LogP contribution in [-0.2, 0) is 16.1 Å². The smallest absolute Gasteiger partial charge is 0.387 e. The van der Waals surface area contributed by atoms with Gasteiger partial charge in [-0.25, -0.2) is 4.39 Å². The molecule has 1 fully saturated rings. The van der Waals surface area contributed by atoms with Crippen molar-refractivity contribution < 1.29 is 32.6 Å². The molecule has 2 N–H and O–H groups in total. The number of rotatable bonds is 6. The number of benzene rings is 1. The molecule has 1 aliphatic rings. The molecule has 0 aliphatic heterocycles. The van der Waals surface area contributed by atoms with Crippen LogP contribution in [0.25, 0.3) is 0 Å². The SMILES string of the molecule is O=C(O)C1CCC1C(=O)NCc1c(F)cccc1OC(F)F. The highest BCUT2D eigenvalue weighted by molar-refractivity contribution is 5.86. The van der Waals surface area contributed by atoms with Crippen LogP contribution in [0, 0.1) is 17.7 Å². The van der Waals surface area contributed by atoms with Crippen LogP contribution in [0.3, 0.4) is 0 Å². The molecule has 120 valence electrons. The van der Waals surface area contributed by atoms with Crippen molar-refractivity contribution >= 4 is 11.9 Å². The summed E-state index contributed by atoms with van der Waals surface area (Å²) in [6.07, 6.45) is 0.841. The Morgan fingerprint density at radius 2 is 2.00 bits per heavy atom. The molecule has 2 atom stereocenters. The Hall–Kier alpha value is -2.25. The number of halogens is 3. The predicted octanol–water partition coefficient (Wildman–Crippen LogP) is 2.15. The predicted molar refractivity (Wildman–Crippen MR) is 68.7 cm³/mol. The van der Waals surface area contributed by atoms with Crippen LogP contribution in [0.4, 0.5) is 13.2 Å². The average Bonchev–Trinajstić information content (AvgIpc) is 2.35. The molecule has 0 radical (unpaired) electrons. The van der Waals surface area contributed by atoms with Crippen LogP contribution in [0.15, 0.2) is 18.2 Å². The molecule has 0 aromatic heterocycles. The first-order chi connectivity index (χ1) is 10.4. The van der Waals surface area contributed by atoms with E-state index < -0.39 is 36.1 Å². The molecule has 0 heterocycles. The fraction of sp³-hybridized carbons (Fsp3) is 0.429. The Bertz CT molecular complexity index is 579. The Balaban J connectivity index is 2.02. The molecule has 1 aromatic rings. The van der Waals surface area contributed by atoms with Crippen molar-refractivity contribution in [2.45, 2.75) is 26.0 Å². The number of carbonyl (C=O) groups is 2. The minimum Gasteiger partial charge on any atom is -0.481 e. The number of ether oxygens (including phenoxy) is 1. The Kier molecular flexibility index (Phi) is 4.89. The summed E-state index contributed by atoms with van der Waals surface area (Å²) in [4.78, 5) is 22.7. The van der Waals surface area contributed by atoms with Crippen LogP contribution in [0.2, 0.25) is 0 Å². The molecule has 1 saturated carbocycles. The van der Waals surface area contributed by atoms with Gasteiger partial charge in [-0.15, -0.1) is 0 Å². The van der Waals surface area contributed by atoms with Gasteiger partial charge in [0.1, 0.15) is 11.6 Å². The van der Waals surface area contributed by atoms with E-state index >= 15 is 0 Å². The highest BCUT2D eigenvalue weighted by Crippen LogP contribution is 2.34. The van der Waals surface area contributed by atoms with Crippen molar-refractivity contribution in [2.24, 2.45) is 11.8 Å². The number of hydrogen-bond acceptors (Lipinski definition) is 3. The molecule has 1 aliphatic carbocycles. The van der Waals surface area contributed by atoms with Crippen molar-refractivity contribution in [3.05, 3.63) is 29.6 Å². The molecule has 2 rings (SSSR count). The van der Waals surface area contributed by atoms with E-state index in [1.165, 1.54) is 12.1 Å². The van der Waals surface area contributed by atoms with Gasteiger partial charge in [0, 0.05) is 12.1 Å². The van der Waals surface area contributed by atoms with Crippen molar-refractivity contribution in [1.82, 2.24) is 5.32 Å². The number of carboxylic acids is 1. The van der Waals surface area contributed by atoms with Gasteiger partial charge in [0.25, 0.3) is 0 Å². The van der Waals surface area contributed by atoms with E-state index in [4.69, 9.17) is 5.11 Å². The van der Waals surface area contributed by atoms with Crippen molar-refractivity contribution in [2.75, 3.05) is 0 Å². The molecule has 22 heavy (non-hydrogen) atoms. The van der Waals surface area contributed by atoms with Crippen LogP contribution < -0.4 is 10.1 Å². The first-order valence-electron chi connectivity index (χ1n) is 6.63. The van der Waals surface area contributed by atoms with Crippen molar-refractivity contribution in [1.29, 1.82) is 0 Å². The maximum Gasteiger partial charge on any atom is 0.387 e. The number of amides is 1. The Morgan fingerprint density at radius 1 is 1.32 bits per heavy atom. The number of nitrogens with one attached hydrogen (secondary N) is 1. The lowest BCUT2D eigenvalue weighted by Crippen LogP contribution is -2.43. The zero-order valence-corrected chi connectivity index (χ0v) is 11.4. The van der Waals surface area contributed by atoms with Gasteiger partial charge in [-0.3, -0.25) is 9.59 Å². The lowest BCUT2D eigenvalue weighted by atomic mass is 9.73. The average molecular weight is 317 g/mol. The van der Waals surface area contributed by atoms with Gasteiger partial charge in [0.15, 0.2) is 0 Å². The largest absolute Gasteiger partial charge is 0.481 e. The molecule has 0 saturated heterocycles. The van der Waals surface area contributed by atoms with Crippen LogP contribution >= 0.6 is 0 Å². The maximum atomic E-state index is 13.7. The second kappa shape index (κ2) is 6.67. The molecule has 8 heteroatoms. The third-order valence-electron chi connectivity index (χ3n) is 3.66. The van der Waals surface area contributed by atoms with Gasteiger partial charge < -0.3 is 15.2 Å². The third-order valence-corrected chi connectivity index (χ3v) is 3.66. The topological polar surface area (TPSA) is 75.6 Å². The Morgan fingerprint density at radius 3 is 2.55 bits per heavy atom. The molecule has 0 spiro atoms. The van der Waals surface area contributed by atoms with Gasteiger partial charge >= 0.3 is 12.6 Å². The van der Waals surface area contributed by atoms with E-state index in [1.54, 1.807) is 0 Å². The van der Waals surface area contributed by atoms with Gasteiger partial charge in [0.2, 0.25) is 5.91 Å². The second-order valence-corrected chi connectivity index (χ2v) is 4.94. The molecule has 1 amide bonds. The normalized spacial score (nSPS) is 20.4. The highest BCUT2D eigenvalue weighted by Gasteiger charge is 2.41. The summed E-state index contributed by atoms with van der Waals surface area (Å²) in [6, 6.07) is 3.44. The molecule has 5 nitrogen and oxygen atoms in total. The molecule has 0 bridgehead atoms. The lowest BCUT2D eigenvalue weighted by Gasteiger charge is -2.32. The summed E-state index contributed by atoms with van der Waals surface area (Å²) in [5.74, 6) is -4.18. The molecule has 1 aromatic carbocycles. The van der Waals surface area contributed by atoms with Gasteiger partial charge in [-0.2, -0.15) is 8.78 Å². The maximum absolute atomic E-state index is 13.7. The quantitative estimate of drug-likeness (QED) is 0.843. The molecular weight excluding hydrogens is 303 g/mol. The number of carbonyl (C=O) groups excluding carboxylic acids is 1. The van der Waals surface area contributed by atoms with E-state index in [2.05, 4.69) is 10.1 Å². The summed E-state index contributed by atoms with van der Waals surface area (Å²) in [5, 5.41) is 11.3. The van der Waals surface area contributed by atoms with Crippen LogP contribution in [-0.4, -0.2) is 23.6 Å². The second-order valence-electron chi connectivity index (χ2n) is 4.94. The van der Waals surface area contributed by atoms with E-state index in [9.17, 15) is 22.8 Å². The van der Waals surface area contributed by atoms with Crippen LogP contribution in [0.5, 0.6) is 5.75 Å². The molecular formula is C14H14F3NO4. The van der Waals surface area contributed by atoms with Crippen molar-refractivity contribution in [3.8, 4) is 5.75 Å². The summed E-state index contributed by atoms with van der Waals surface area (Å²) >= 11 is 0. The van der Waals surface area contributed by atoms with Gasteiger partial charge in [-0.05, 0) is 25.0 Å². The van der Waals surface area contributed by atoms with Crippen LogP contribution in [0.1, 0.15) is 18.4 Å². The zero-order valence-electron chi connectivity index (χ0n) is 11.4. The minimum absolute atomic E-state index is 0.206. The zero-order chi connectivity index (χ0) is 16.3. The first kappa shape index (κ1) is 16.1.